The van der Waals surface area contributed by atoms with Gasteiger partial charge in [0.15, 0.2) is 6.04 Å². The summed E-state index contributed by atoms with van der Waals surface area (Å²) in [6.07, 6.45) is 0. The molecule has 0 bridgehead atoms. The van der Waals surface area contributed by atoms with E-state index in [1.807, 2.05) is 0 Å². The number of piperazine rings is 1. The SMILES string of the molecule is CC(=O)N1CC(=O)N[C@H](c2ccccc2)[C@H]1C(=O)O. The zero-order chi connectivity index (χ0) is 14.0. The predicted molar refractivity (Wildman–Crippen MR) is 66.1 cm³/mol. The van der Waals surface area contributed by atoms with E-state index in [0.717, 1.165) is 4.90 Å². The molecule has 19 heavy (non-hydrogen) atoms. The van der Waals surface area contributed by atoms with Gasteiger partial charge in [-0.25, -0.2) is 4.79 Å². The minimum absolute atomic E-state index is 0.227. The number of carbonyl (C=O) groups is 3. The molecule has 0 radical (unpaired) electrons. The molecule has 2 amide bonds. The van der Waals surface area contributed by atoms with E-state index in [0.29, 0.717) is 5.56 Å². The van der Waals surface area contributed by atoms with Gasteiger partial charge < -0.3 is 15.3 Å². The van der Waals surface area contributed by atoms with E-state index in [-0.39, 0.29) is 12.5 Å². The Morgan fingerprint density at radius 1 is 1.32 bits per heavy atom. The van der Waals surface area contributed by atoms with E-state index in [4.69, 9.17) is 0 Å². The average molecular weight is 262 g/mol. The van der Waals surface area contributed by atoms with Crippen molar-refractivity contribution in [3.8, 4) is 0 Å². The number of aliphatic carboxylic acids is 1. The van der Waals surface area contributed by atoms with Gasteiger partial charge in [-0.15, -0.1) is 0 Å². The normalized spacial score (nSPS) is 22.8. The van der Waals surface area contributed by atoms with Crippen LogP contribution in [0, 0.1) is 0 Å². The Morgan fingerprint density at radius 3 is 2.47 bits per heavy atom. The van der Waals surface area contributed by atoms with Gasteiger partial charge in [-0.2, -0.15) is 0 Å². The van der Waals surface area contributed by atoms with Gasteiger partial charge >= 0.3 is 5.97 Å². The maximum atomic E-state index is 11.6. The highest BCUT2D eigenvalue weighted by Gasteiger charge is 2.41. The maximum absolute atomic E-state index is 11.6. The Labute approximate surface area is 110 Å². The molecule has 1 fully saturated rings. The third-order valence-electron chi connectivity index (χ3n) is 3.10. The van der Waals surface area contributed by atoms with Crippen LogP contribution in [0.3, 0.4) is 0 Å². The first kappa shape index (κ1) is 13.1. The molecule has 6 heteroatoms. The Kier molecular flexibility index (Phi) is 3.50. The second kappa shape index (κ2) is 5.09. The zero-order valence-corrected chi connectivity index (χ0v) is 10.4. The number of nitrogens with one attached hydrogen (secondary N) is 1. The summed E-state index contributed by atoms with van der Waals surface area (Å²) in [5, 5.41) is 12.0. The van der Waals surface area contributed by atoms with Gasteiger partial charge in [0, 0.05) is 6.92 Å². The summed E-state index contributed by atoms with van der Waals surface area (Å²) in [5.74, 6) is -1.92. The van der Waals surface area contributed by atoms with Gasteiger partial charge in [-0.1, -0.05) is 30.3 Å². The number of benzene rings is 1. The number of nitrogens with zero attached hydrogens (tertiary/aromatic N) is 1. The topological polar surface area (TPSA) is 86.7 Å². The smallest absolute Gasteiger partial charge is 0.328 e. The number of hydrogen-bond acceptors (Lipinski definition) is 3. The fourth-order valence-corrected chi connectivity index (χ4v) is 2.24. The lowest BCUT2D eigenvalue weighted by molar-refractivity contribution is -0.155. The van der Waals surface area contributed by atoms with Crippen molar-refractivity contribution in [2.24, 2.45) is 0 Å². The van der Waals surface area contributed by atoms with Crippen LogP contribution in [0.5, 0.6) is 0 Å². The molecule has 2 rings (SSSR count). The fourth-order valence-electron chi connectivity index (χ4n) is 2.24. The van der Waals surface area contributed by atoms with Crippen LogP contribution in [0.2, 0.25) is 0 Å². The summed E-state index contributed by atoms with van der Waals surface area (Å²) in [4.78, 5) is 35.6. The number of amides is 2. The molecule has 1 aromatic carbocycles. The first-order valence-electron chi connectivity index (χ1n) is 5.85. The second-order valence-electron chi connectivity index (χ2n) is 4.39. The van der Waals surface area contributed by atoms with E-state index in [1.54, 1.807) is 30.3 Å². The third kappa shape index (κ3) is 2.57. The lowest BCUT2D eigenvalue weighted by Crippen LogP contribution is -2.60. The largest absolute Gasteiger partial charge is 0.480 e. The molecule has 0 spiro atoms. The summed E-state index contributed by atoms with van der Waals surface area (Å²) >= 11 is 0. The lowest BCUT2D eigenvalue weighted by atomic mass is 9.95. The summed E-state index contributed by atoms with van der Waals surface area (Å²) < 4.78 is 0. The van der Waals surface area contributed by atoms with Gasteiger partial charge in [0.1, 0.15) is 6.54 Å². The number of carboxylic acid groups (broad SMARTS) is 1. The molecule has 0 aliphatic carbocycles. The van der Waals surface area contributed by atoms with Crippen LogP contribution >= 0.6 is 0 Å². The molecule has 0 unspecified atom stereocenters. The average Bonchev–Trinajstić information content (AvgIpc) is 2.38. The minimum atomic E-state index is -1.14. The molecular weight excluding hydrogens is 248 g/mol. The third-order valence-corrected chi connectivity index (χ3v) is 3.10. The van der Waals surface area contributed by atoms with Crippen molar-refractivity contribution in [3.63, 3.8) is 0 Å². The summed E-state index contributed by atoms with van der Waals surface area (Å²) in [7, 11) is 0. The number of rotatable bonds is 2. The zero-order valence-electron chi connectivity index (χ0n) is 10.4. The van der Waals surface area contributed by atoms with Crippen molar-refractivity contribution in [2.75, 3.05) is 6.54 Å². The molecule has 1 aromatic rings. The summed E-state index contributed by atoms with van der Waals surface area (Å²) in [6, 6.07) is 6.95. The molecule has 6 nitrogen and oxygen atoms in total. The highest BCUT2D eigenvalue weighted by molar-refractivity contribution is 5.91. The first-order valence-corrected chi connectivity index (χ1v) is 5.85. The highest BCUT2D eigenvalue weighted by atomic mass is 16.4. The van der Waals surface area contributed by atoms with Crippen molar-refractivity contribution in [1.29, 1.82) is 0 Å². The van der Waals surface area contributed by atoms with Crippen LogP contribution < -0.4 is 5.32 Å². The van der Waals surface area contributed by atoms with Crippen LogP contribution in [-0.4, -0.2) is 40.4 Å². The van der Waals surface area contributed by atoms with Crippen molar-refractivity contribution >= 4 is 17.8 Å². The molecule has 2 N–H and O–H groups in total. The molecule has 1 saturated heterocycles. The van der Waals surface area contributed by atoms with E-state index in [1.165, 1.54) is 6.92 Å². The minimum Gasteiger partial charge on any atom is -0.480 e. The standard InChI is InChI=1S/C13H14N2O4/c1-8(16)15-7-10(17)14-11(12(15)13(18)19)9-5-3-2-4-6-9/h2-6,11-12H,7H2,1H3,(H,14,17)(H,18,19)/t11-,12+/m1/s1. The van der Waals surface area contributed by atoms with Gasteiger partial charge in [-0.3, -0.25) is 9.59 Å². The van der Waals surface area contributed by atoms with Crippen LogP contribution in [0.4, 0.5) is 0 Å². The Morgan fingerprint density at radius 2 is 1.95 bits per heavy atom. The lowest BCUT2D eigenvalue weighted by Gasteiger charge is -2.38. The molecular formula is C13H14N2O4. The van der Waals surface area contributed by atoms with E-state index < -0.39 is 24.0 Å². The number of hydrogen-bond donors (Lipinski definition) is 2. The number of carbonyl (C=O) groups excluding carboxylic acids is 2. The van der Waals surface area contributed by atoms with E-state index >= 15 is 0 Å². The highest BCUT2D eigenvalue weighted by Crippen LogP contribution is 2.24. The molecule has 0 aromatic heterocycles. The predicted octanol–water partition coefficient (Wildman–Crippen LogP) is 0.159. The van der Waals surface area contributed by atoms with Crippen LogP contribution in [0.15, 0.2) is 30.3 Å². The Balaban J connectivity index is 2.41. The molecule has 1 heterocycles. The molecule has 0 saturated carbocycles. The fraction of sp³-hybridized carbons (Fsp3) is 0.308. The molecule has 2 atom stereocenters. The van der Waals surface area contributed by atoms with Crippen molar-refractivity contribution in [2.45, 2.75) is 19.0 Å². The van der Waals surface area contributed by atoms with Gasteiger partial charge in [-0.05, 0) is 5.56 Å². The van der Waals surface area contributed by atoms with Gasteiger partial charge in [0.25, 0.3) is 0 Å². The molecule has 100 valence electrons. The van der Waals surface area contributed by atoms with E-state index in [2.05, 4.69) is 5.32 Å². The first-order chi connectivity index (χ1) is 9.00. The van der Waals surface area contributed by atoms with Crippen LogP contribution in [0.1, 0.15) is 18.5 Å². The van der Waals surface area contributed by atoms with Gasteiger partial charge in [0.2, 0.25) is 11.8 Å². The summed E-state index contributed by atoms with van der Waals surface area (Å²) in [5.41, 5.74) is 0.661. The molecule has 1 aliphatic heterocycles. The number of carboxylic acids is 1. The van der Waals surface area contributed by atoms with Crippen LogP contribution in [0.25, 0.3) is 0 Å². The Bertz CT molecular complexity index is 515. The monoisotopic (exact) mass is 262 g/mol. The Hall–Kier alpha value is -2.37. The van der Waals surface area contributed by atoms with Crippen molar-refractivity contribution in [1.82, 2.24) is 10.2 Å². The maximum Gasteiger partial charge on any atom is 0.328 e. The quantitative estimate of drug-likeness (QED) is 0.794. The van der Waals surface area contributed by atoms with E-state index in [9.17, 15) is 19.5 Å². The van der Waals surface area contributed by atoms with Crippen molar-refractivity contribution < 1.29 is 19.5 Å². The van der Waals surface area contributed by atoms with Gasteiger partial charge in [0.05, 0.1) is 6.04 Å². The second-order valence-corrected chi connectivity index (χ2v) is 4.39. The molecule has 1 aliphatic rings. The summed E-state index contributed by atoms with van der Waals surface area (Å²) in [6.45, 7) is 1.03. The van der Waals surface area contributed by atoms with Crippen LogP contribution in [-0.2, 0) is 14.4 Å². The van der Waals surface area contributed by atoms with Crippen molar-refractivity contribution in [3.05, 3.63) is 35.9 Å².